The Bertz CT molecular complexity index is 1270. The van der Waals surface area contributed by atoms with Gasteiger partial charge in [-0.05, 0) is 90.7 Å². The first-order valence-electron chi connectivity index (χ1n) is 13.0. The highest BCUT2D eigenvalue weighted by atomic mass is 79.9. The van der Waals surface area contributed by atoms with Crippen molar-refractivity contribution >= 4 is 39.2 Å². The van der Waals surface area contributed by atoms with E-state index in [1.165, 1.54) is 18.4 Å². The average molecular weight is 572 g/mol. The van der Waals surface area contributed by atoms with E-state index in [0.717, 1.165) is 46.8 Å². The SMILES string of the molecule is CN(C(=O)C=Cc1cc(Br)cs1)[C@@H]1CC[C@@]2(O)[C@H]3Cc4ccc(O)c5c4[C@@]2(CCN3CC2CC2)[C@H]1O5. The summed E-state index contributed by atoms with van der Waals surface area (Å²) in [5, 5.41) is 25.4. The highest BCUT2D eigenvalue weighted by Crippen LogP contribution is 2.66. The molecule has 7 rings (SSSR count). The van der Waals surface area contributed by atoms with E-state index in [9.17, 15) is 15.0 Å². The third-order valence-corrected chi connectivity index (χ3v) is 11.2. The van der Waals surface area contributed by atoms with E-state index in [-0.39, 0.29) is 29.8 Å². The molecule has 3 aliphatic carbocycles. The monoisotopic (exact) mass is 570 g/mol. The summed E-state index contributed by atoms with van der Waals surface area (Å²) in [4.78, 5) is 18.6. The number of thiophene rings is 1. The molecule has 190 valence electrons. The van der Waals surface area contributed by atoms with Gasteiger partial charge in [0.15, 0.2) is 11.5 Å². The zero-order valence-corrected chi connectivity index (χ0v) is 22.7. The van der Waals surface area contributed by atoms with Crippen LogP contribution in [-0.2, 0) is 16.6 Å². The lowest BCUT2D eigenvalue weighted by Gasteiger charge is -2.64. The van der Waals surface area contributed by atoms with Crippen LogP contribution in [0.25, 0.3) is 6.08 Å². The van der Waals surface area contributed by atoms with E-state index in [1.807, 2.05) is 30.6 Å². The number of piperidine rings is 1. The van der Waals surface area contributed by atoms with Crippen molar-refractivity contribution in [3.8, 4) is 11.5 Å². The molecule has 5 atom stereocenters. The topological polar surface area (TPSA) is 73.2 Å². The number of aromatic hydroxyl groups is 1. The van der Waals surface area contributed by atoms with Crippen LogP contribution in [-0.4, -0.2) is 69.8 Å². The molecule has 2 aliphatic heterocycles. The van der Waals surface area contributed by atoms with Crippen molar-refractivity contribution in [1.29, 1.82) is 0 Å². The van der Waals surface area contributed by atoms with Crippen LogP contribution in [0.5, 0.6) is 11.5 Å². The van der Waals surface area contributed by atoms with Crippen LogP contribution in [0.3, 0.4) is 0 Å². The highest BCUT2D eigenvalue weighted by Gasteiger charge is 2.73. The highest BCUT2D eigenvalue weighted by molar-refractivity contribution is 9.10. The summed E-state index contributed by atoms with van der Waals surface area (Å²) in [5.41, 5.74) is 0.635. The normalized spacial score (nSPS) is 34.5. The molecule has 0 unspecified atom stereocenters. The van der Waals surface area contributed by atoms with Gasteiger partial charge in [0, 0.05) is 46.0 Å². The fraction of sp³-hybridized carbons (Fsp3) is 0.536. The minimum Gasteiger partial charge on any atom is -0.504 e. The predicted molar refractivity (Wildman–Crippen MR) is 142 cm³/mol. The lowest BCUT2D eigenvalue weighted by molar-refractivity contribution is -0.200. The summed E-state index contributed by atoms with van der Waals surface area (Å²) in [6, 6.07) is 5.60. The number of nitrogens with zero attached hydrogens (tertiary/aromatic N) is 2. The molecule has 2 aromatic rings. The molecule has 8 heteroatoms. The Morgan fingerprint density at radius 1 is 1.33 bits per heavy atom. The van der Waals surface area contributed by atoms with Gasteiger partial charge in [0.1, 0.15) is 6.10 Å². The molecule has 1 spiro atoms. The summed E-state index contributed by atoms with van der Waals surface area (Å²) < 4.78 is 7.61. The fourth-order valence-corrected chi connectivity index (χ4v) is 9.04. The number of likely N-dealkylation sites (tertiary alicyclic amines) is 1. The first-order valence-corrected chi connectivity index (χ1v) is 14.7. The molecule has 1 saturated heterocycles. The predicted octanol–water partition coefficient (Wildman–Crippen LogP) is 4.32. The molecular formula is C28H31BrN2O4S. The Hall–Kier alpha value is -1.87. The lowest BCUT2D eigenvalue weighted by Crippen LogP contribution is -2.78. The molecule has 0 radical (unpaired) electrons. The first kappa shape index (κ1) is 23.3. The van der Waals surface area contributed by atoms with E-state index < -0.39 is 11.0 Å². The summed E-state index contributed by atoms with van der Waals surface area (Å²) in [5.74, 6) is 1.34. The van der Waals surface area contributed by atoms with Crippen molar-refractivity contribution in [3.63, 3.8) is 0 Å². The van der Waals surface area contributed by atoms with Crippen LogP contribution < -0.4 is 4.74 Å². The molecule has 2 bridgehead atoms. The van der Waals surface area contributed by atoms with Gasteiger partial charge in [-0.25, -0.2) is 0 Å². The maximum atomic E-state index is 13.3. The number of halogens is 1. The second-order valence-electron chi connectivity index (χ2n) is 11.3. The fourth-order valence-electron chi connectivity index (χ4n) is 7.70. The molecule has 1 aromatic carbocycles. The van der Waals surface area contributed by atoms with Crippen molar-refractivity contribution in [2.24, 2.45) is 5.92 Å². The van der Waals surface area contributed by atoms with Gasteiger partial charge < -0.3 is 19.8 Å². The first-order chi connectivity index (χ1) is 17.3. The van der Waals surface area contributed by atoms with Crippen LogP contribution >= 0.6 is 27.3 Å². The maximum Gasteiger partial charge on any atom is 0.246 e. The van der Waals surface area contributed by atoms with Crippen molar-refractivity contribution in [1.82, 2.24) is 9.80 Å². The molecule has 36 heavy (non-hydrogen) atoms. The Kier molecular flexibility index (Phi) is 5.21. The van der Waals surface area contributed by atoms with Crippen molar-refractivity contribution in [2.75, 3.05) is 20.1 Å². The molecule has 3 fully saturated rings. The van der Waals surface area contributed by atoms with Gasteiger partial charge in [-0.3, -0.25) is 9.69 Å². The minimum absolute atomic E-state index is 0.0417. The molecule has 1 aromatic heterocycles. The number of carbonyl (C=O) groups excluding carboxylic acids is 1. The third kappa shape index (κ3) is 3.17. The van der Waals surface area contributed by atoms with Gasteiger partial charge in [0.05, 0.1) is 17.1 Å². The van der Waals surface area contributed by atoms with E-state index in [0.29, 0.717) is 18.6 Å². The van der Waals surface area contributed by atoms with Gasteiger partial charge in [-0.2, -0.15) is 0 Å². The smallest absolute Gasteiger partial charge is 0.246 e. The van der Waals surface area contributed by atoms with Crippen molar-refractivity contribution < 1.29 is 19.7 Å². The zero-order chi connectivity index (χ0) is 24.8. The average Bonchev–Trinajstić information content (AvgIpc) is 3.46. The summed E-state index contributed by atoms with van der Waals surface area (Å²) in [6.07, 6.45) is 8.52. The van der Waals surface area contributed by atoms with Gasteiger partial charge in [0.2, 0.25) is 5.91 Å². The molecule has 1 amide bonds. The Morgan fingerprint density at radius 3 is 2.92 bits per heavy atom. The third-order valence-electron chi connectivity index (χ3n) is 9.55. The van der Waals surface area contributed by atoms with Gasteiger partial charge in [-0.15, -0.1) is 11.3 Å². The number of hydrogen-bond acceptors (Lipinski definition) is 6. The van der Waals surface area contributed by atoms with E-state index in [4.69, 9.17) is 4.74 Å². The van der Waals surface area contributed by atoms with Gasteiger partial charge >= 0.3 is 0 Å². The summed E-state index contributed by atoms with van der Waals surface area (Å²) in [6.45, 7) is 1.97. The number of phenolic OH excluding ortho intramolecular Hbond substituents is 1. The van der Waals surface area contributed by atoms with Gasteiger partial charge in [0.25, 0.3) is 0 Å². The second-order valence-corrected chi connectivity index (χ2v) is 13.2. The second kappa shape index (κ2) is 8.06. The van der Waals surface area contributed by atoms with Crippen molar-refractivity contribution in [3.05, 3.63) is 50.1 Å². The Morgan fingerprint density at radius 2 is 2.17 bits per heavy atom. The van der Waals surface area contributed by atoms with E-state index >= 15 is 0 Å². The minimum atomic E-state index is -0.934. The van der Waals surface area contributed by atoms with Crippen LogP contribution in [0, 0.1) is 5.92 Å². The number of amides is 1. The van der Waals surface area contributed by atoms with Crippen LogP contribution in [0.1, 0.15) is 48.1 Å². The van der Waals surface area contributed by atoms with Crippen molar-refractivity contribution in [2.45, 2.75) is 67.7 Å². The number of hydrogen-bond donors (Lipinski definition) is 2. The number of carbonyl (C=O) groups is 1. The Labute approximate surface area is 223 Å². The number of benzene rings is 1. The lowest BCUT2D eigenvalue weighted by atomic mass is 9.48. The molecule has 3 heterocycles. The summed E-state index contributed by atoms with van der Waals surface area (Å²) >= 11 is 5.05. The number of ether oxygens (including phenoxy) is 1. The number of phenols is 1. The number of rotatable bonds is 5. The quantitative estimate of drug-likeness (QED) is 0.524. The van der Waals surface area contributed by atoms with Crippen LogP contribution in [0.15, 0.2) is 34.1 Å². The largest absolute Gasteiger partial charge is 0.504 e. The van der Waals surface area contributed by atoms with E-state index in [1.54, 1.807) is 28.4 Å². The van der Waals surface area contributed by atoms with Crippen LogP contribution in [0.4, 0.5) is 0 Å². The van der Waals surface area contributed by atoms with Crippen LogP contribution in [0.2, 0.25) is 0 Å². The molecule has 6 nitrogen and oxygen atoms in total. The maximum absolute atomic E-state index is 13.3. The number of likely N-dealkylation sites (N-methyl/N-ethyl adjacent to an activating group) is 1. The zero-order valence-electron chi connectivity index (χ0n) is 20.3. The number of aliphatic hydroxyl groups is 1. The molecular weight excluding hydrogens is 540 g/mol. The molecule has 5 aliphatic rings. The summed E-state index contributed by atoms with van der Waals surface area (Å²) in [7, 11) is 1.85. The molecule has 2 saturated carbocycles. The molecule has 2 N–H and O–H groups in total. The van der Waals surface area contributed by atoms with Gasteiger partial charge in [-0.1, -0.05) is 6.07 Å². The standard InChI is InChI=1S/C28H31BrN2O4S/c1-30(23(33)7-5-19-13-18(29)15-36-19)20-8-9-28(34)22-12-17-4-6-21(32)25-24(17)27(28,26(20)35-25)10-11-31(22)14-16-2-3-16/h4-7,13,15-16,20,22,26,32,34H,2-3,8-12,14H2,1H3/t20-,22-,26+,27+,28-/m1/s1. The van der Waals surface area contributed by atoms with E-state index in [2.05, 4.69) is 20.8 Å². The Balaban J connectivity index is 1.26.